The highest BCUT2D eigenvalue weighted by Crippen LogP contribution is 2.28. The molecule has 8 nitrogen and oxygen atoms in total. The average Bonchev–Trinajstić information content (AvgIpc) is 3.45. The number of benzene rings is 1. The Labute approximate surface area is 182 Å². The standard InChI is InChI=1S/C20H21BrN4O4S/c21-16-3-1-14(2-4-16)13-22-20(26)15-8-11-25(12-9-15)30(27,28)19-6-5-18(29-19)17-7-10-23-24-17/h1-7,10,15H,8-9,11-13H2,(H,22,26)(H,23,24). The number of hydrogen-bond donors (Lipinski definition) is 2. The highest BCUT2D eigenvalue weighted by atomic mass is 79.9. The SMILES string of the molecule is O=C(NCc1ccc(Br)cc1)C1CCN(S(=O)(=O)c2ccc(-c3ccn[nH]3)o2)CC1. The van der Waals surface area contributed by atoms with Gasteiger partial charge in [-0.2, -0.15) is 9.40 Å². The van der Waals surface area contributed by atoms with Crippen LogP contribution >= 0.6 is 15.9 Å². The molecule has 0 atom stereocenters. The van der Waals surface area contributed by atoms with E-state index in [4.69, 9.17) is 4.42 Å². The third-order valence-electron chi connectivity index (χ3n) is 5.15. The minimum Gasteiger partial charge on any atom is -0.442 e. The molecule has 3 heterocycles. The molecule has 0 aliphatic carbocycles. The second kappa shape index (κ2) is 8.75. The van der Waals surface area contributed by atoms with E-state index in [1.807, 2.05) is 24.3 Å². The van der Waals surface area contributed by atoms with Crippen molar-refractivity contribution in [2.45, 2.75) is 24.5 Å². The molecule has 1 aliphatic rings. The Morgan fingerprint density at radius 2 is 1.90 bits per heavy atom. The molecule has 1 aliphatic heterocycles. The lowest BCUT2D eigenvalue weighted by Gasteiger charge is -2.29. The normalized spacial score (nSPS) is 15.9. The zero-order chi connectivity index (χ0) is 21.1. The van der Waals surface area contributed by atoms with Gasteiger partial charge in [-0.25, -0.2) is 8.42 Å². The van der Waals surface area contributed by atoms with Gasteiger partial charge in [-0.15, -0.1) is 0 Å². The summed E-state index contributed by atoms with van der Waals surface area (Å²) in [5.74, 6) is 0.159. The number of amides is 1. The third kappa shape index (κ3) is 4.50. The molecule has 1 amide bonds. The van der Waals surface area contributed by atoms with Crippen molar-refractivity contribution >= 4 is 31.9 Å². The predicted octanol–water partition coefficient (Wildman–Crippen LogP) is 3.15. The van der Waals surface area contributed by atoms with E-state index in [1.165, 1.54) is 10.4 Å². The summed E-state index contributed by atoms with van der Waals surface area (Å²) in [6.07, 6.45) is 2.51. The summed E-state index contributed by atoms with van der Waals surface area (Å²) in [5, 5.41) is 9.42. The molecule has 2 aromatic heterocycles. The first-order chi connectivity index (χ1) is 14.4. The van der Waals surface area contributed by atoms with Gasteiger partial charge in [0, 0.05) is 36.2 Å². The number of rotatable bonds is 6. The fourth-order valence-corrected chi connectivity index (χ4v) is 5.06. The Balaban J connectivity index is 1.33. The van der Waals surface area contributed by atoms with E-state index in [0.717, 1.165) is 10.0 Å². The Morgan fingerprint density at radius 1 is 1.17 bits per heavy atom. The van der Waals surface area contributed by atoms with Crippen LogP contribution in [0, 0.1) is 5.92 Å². The Bertz CT molecular complexity index is 1100. The number of H-pyrrole nitrogens is 1. The molecular formula is C20H21BrN4O4S. The molecule has 0 spiro atoms. The summed E-state index contributed by atoms with van der Waals surface area (Å²) >= 11 is 3.39. The number of nitrogens with zero attached hydrogens (tertiary/aromatic N) is 2. The molecule has 2 N–H and O–H groups in total. The fraction of sp³-hybridized carbons (Fsp3) is 0.300. The number of halogens is 1. The molecule has 158 valence electrons. The smallest absolute Gasteiger partial charge is 0.276 e. The quantitative estimate of drug-likeness (QED) is 0.549. The van der Waals surface area contributed by atoms with Crippen LogP contribution in [-0.4, -0.2) is 41.9 Å². The number of furan rings is 1. The second-order valence-electron chi connectivity index (χ2n) is 7.11. The molecule has 10 heteroatoms. The van der Waals surface area contributed by atoms with Crippen molar-refractivity contribution in [2.75, 3.05) is 13.1 Å². The van der Waals surface area contributed by atoms with Crippen LogP contribution in [0.15, 0.2) is 62.6 Å². The Morgan fingerprint density at radius 3 is 2.57 bits per heavy atom. The van der Waals surface area contributed by atoms with Gasteiger partial charge in [-0.3, -0.25) is 9.89 Å². The summed E-state index contributed by atoms with van der Waals surface area (Å²) in [5.41, 5.74) is 1.62. The number of hydrogen-bond acceptors (Lipinski definition) is 5. The van der Waals surface area contributed by atoms with Crippen LogP contribution < -0.4 is 5.32 Å². The van der Waals surface area contributed by atoms with E-state index < -0.39 is 10.0 Å². The van der Waals surface area contributed by atoms with Gasteiger partial charge in [0.1, 0.15) is 5.69 Å². The van der Waals surface area contributed by atoms with Crippen LogP contribution in [0.4, 0.5) is 0 Å². The minimum atomic E-state index is -3.74. The number of sulfonamides is 1. The number of piperidine rings is 1. The van der Waals surface area contributed by atoms with Crippen molar-refractivity contribution in [1.29, 1.82) is 0 Å². The largest absolute Gasteiger partial charge is 0.442 e. The number of nitrogens with one attached hydrogen (secondary N) is 2. The summed E-state index contributed by atoms with van der Waals surface area (Å²) in [4.78, 5) is 12.5. The summed E-state index contributed by atoms with van der Waals surface area (Å²) in [7, 11) is -3.74. The predicted molar refractivity (Wildman–Crippen MR) is 114 cm³/mol. The first-order valence-corrected chi connectivity index (χ1v) is 11.8. The number of aromatic nitrogens is 2. The molecule has 0 unspecified atom stereocenters. The van der Waals surface area contributed by atoms with Crippen LogP contribution in [0.5, 0.6) is 0 Å². The molecule has 3 aromatic rings. The van der Waals surface area contributed by atoms with Crippen molar-refractivity contribution in [3.05, 3.63) is 58.7 Å². The molecular weight excluding hydrogens is 472 g/mol. The highest BCUT2D eigenvalue weighted by molar-refractivity contribution is 9.10. The van der Waals surface area contributed by atoms with Gasteiger partial charge in [0.15, 0.2) is 5.76 Å². The summed E-state index contributed by atoms with van der Waals surface area (Å²) in [6.45, 7) is 1.00. The molecule has 1 aromatic carbocycles. The number of carbonyl (C=O) groups excluding carboxylic acids is 1. The average molecular weight is 493 g/mol. The molecule has 4 rings (SSSR count). The summed E-state index contributed by atoms with van der Waals surface area (Å²) < 4.78 is 33.7. The first kappa shape index (κ1) is 20.8. The van der Waals surface area contributed by atoms with Gasteiger partial charge in [0.25, 0.3) is 10.0 Å². The molecule has 0 saturated carbocycles. The van der Waals surface area contributed by atoms with Crippen LogP contribution in [0.2, 0.25) is 0 Å². The van der Waals surface area contributed by atoms with E-state index in [1.54, 1.807) is 18.3 Å². The minimum absolute atomic E-state index is 0.0468. The van der Waals surface area contributed by atoms with Crippen LogP contribution in [0.25, 0.3) is 11.5 Å². The van der Waals surface area contributed by atoms with E-state index in [0.29, 0.717) is 30.8 Å². The van der Waals surface area contributed by atoms with Crippen molar-refractivity contribution < 1.29 is 17.6 Å². The topological polar surface area (TPSA) is 108 Å². The molecule has 30 heavy (non-hydrogen) atoms. The number of carbonyl (C=O) groups is 1. The second-order valence-corrected chi connectivity index (χ2v) is 9.90. The zero-order valence-electron chi connectivity index (χ0n) is 16.0. The van der Waals surface area contributed by atoms with Crippen LogP contribution in [0.3, 0.4) is 0 Å². The van der Waals surface area contributed by atoms with Crippen molar-refractivity contribution in [3.8, 4) is 11.5 Å². The number of aromatic amines is 1. The Kier molecular flexibility index (Phi) is 6.07. The molecule has 0 radical (unpaired) electrons. The third-order valence-corrected chi connectivity index (χ3v) is 7.45. The van der Waals surface area contributed by atoms with E-state index in [2.05, 4.69) is 31.4 Å². The molecule has 0 bridgehead atoms. The van der Waals surface area contributed by atoms with Gasteiger partial charge < -0.3 is 9.73 Å². The van der Waals surface area contributed by atoms with E-state index in [9.17, 15) is 13.2 Å². The van der Waals surface area contributed by atoms with Gasteiger partial charge in [0.2, 0.25) is 11.0 Å². The first-order valence-electron chi connectivity index (χ1n) is 9.55. The lowest BCUT2D eigenvalue weighted by Crippen LogP contribution is -2.42. The van der Waals surface area contributed by atoms with Gasteiger partial charge in [-0.1, -0.05) is 28.1 Å². The van der Waals surface area contributed by atoms with E-state index >= 15 is 0 Å². The molecule has 1 saturated heterocycles. The molecule has 1 fully saturated rings. The van der Waals surface area contributed by atoms with Crippen LogP contribution in [0.1, 0.15) is 18.4 Å². The Hall–Kier alpha value is -2.43. The highest BCUT2D eigenvalue weighted by Gasteiger charge is 2.34. The maximum atomic E-state index is 12.9. The van der Waals surface area contributed by atoms with Crippen molar-refractivity contribution in [3.63, 3.8) is 0 Å². The van der Waals surface area contributed by atoms with Crippen molar-refractivity contribution in [2.24, 2.45) is 5.92 Å². The zero-order valence-corrected chi connectivity index (χ0v) is 18.4. The lowest BCUT2D eigenvalue weighted by molar-refractivity contribution is -0.126. The monoisotopic (exact) mass is 492 g/mol. The van der Waals surface area contributed by atoms with Crippen LogP contribution in [-0.2, 0) is 21.4 Å². The van der Waals surface area contributed by atoms with Crippen molar-refractivity contribution in [1.82, 2.24) is 19.8 Å². The van der Waals surface area contributed by atoms with Gasteiger partial charge >= 0.3 is 0 Å². The van der Waals surface area contributed by atoms with Gasteiger partial charge in [0.05, 0.1) is 0 Å². The van der Waals surface area contributed by atoms with E-state index in [-0.39, 0.29) is 30.0 Å². The van der Waals surface area contributed by atoms with Gasteiger partial charge in [-0.05, 0) is 48.7 Å². The fourth-order valence-electron chi connectivity index (χ4n) is 3.42. The maximum Gasteiger partial charge on any atom is 0.276 e. The maximum absolute atomic E-state index is 12.9. The lowest BCUT2D eigenvalue weighted by atomic mass is 9.97. The summed E-state index contributed by atoms with van der Waals surface area (Å²) in [6, 6.07) is 12.5.